The van der Waals surface area contributed by atoms with Crippen LogP contribution < -0.4 is 10.6 Å². The molecule has 0 aliphatic carbocycles. The van der Waals surface area contributed by atoms with Crippen LogP contribution in [-0.2, 0) is 20.9 Å². The van der Waals surface area contributed by atoms with Crippen LogP contribution in [0, 0.1) is 13.8 Å². The highest BCUT2D eigenvalue weighted by molar-refractivity contribution is 6.36. The second-order valence-corrected chi connectivity index (χ2v) is 8.07. The van der Waals surface area contributed by atoms with Crippen LogP contribution in [0.25, 0.3) is 5.57 Å². The molecule has 0 atom stereocenters. The van der Waals surface area contributed by atoms with Gasteiger partial charge in [-0.15, -0.1) is 0 Å². The highest BCUT2D eigenvalue weighted by Crippen LogP contribution is 2.32. The average molecular weight is 441 g/mol. The van der Waals surface area contributed by atoms with E-state index in [1.54, 1.807) is 42.7 Å². The number of anilines is 2. The molecule has 7 heteroatoms. The lowest BCUT2D eigenvalue weighted by Gasteiger charge is -2.15. The van der Waals surface area contributed by atoms with E-state index in [0.717, 1.165) is 22.4 Å². The number of rotatable bonds is 6. The Labute approximate surface area is 192 Å². The third-order valence-electron chi connectivity index (χ3n) is 5.22. The maximum atomic E-state index is 13.4. The number of hydrogen-bond donors (Lipinski definition) is 2. The standard InChI is InChI=1S/C26H24N4O3/c1-16-11-17(2)13-22(12-16)29-24-23(20-6-8-21(9-7-20)28-18(3)31)25(32)30(26(24)33)15-19-5-4-10-27-14-19/h4-14,29H,15H2,1-3H3,(H,28,31). The Hall–Kier alpha value is -4.26. The van der Waals surface area contributed by atoms with Crippen molar-refractivity contribution in [3.63, 3.8) is 0 Å². The predicted octanol–water partition coefficient (Wildman–Crippen LogP) is 4.05. The van der Waals surface area contributed by atoms with Gasteiger partial charge in [0.2, 0.25) is 5.91 Å². The number of amides is 3. The fourth-order valence-corrected chi connectivity index (χ4v) is 3.89. The van der Waals surface area contributed by atoms with Crippen LogP contribution in [0.2, 0.25) is 0 Å². The summed E-state index contributed by atoms with van der Waals surface area (Å²) in [5, 5.41) is 5.90. The molecule has 2 aromatic carbocycles. The molecular formula is C26H24N4O3. The summed E-state index contributed by atoms with van der Waals surface area (Å²) in [6, 6.07) is 16.4. The first-order chi connectivity index (χ1) is 15.8. The summed E-state index contributed by atoms with van der Waals surface area (Å²) in [6.45, 7) is 5.50. The minimum atomic E-state index is -0.399. The quantitative estimate of drug-likeness (QED) is 0.565. The molecule has 3 aromatic rings. The van der Waals surface area contributed by atoms with Crippen molar-refractivity contribution in [1.82, 2.24) is 9.88 Å². The smallest absolute Gasteiger partial charge is 0.278 e. The molecule has 1 aliphatic rings. The van der Waals surface area contributed by atoms with Crippen molar-refractivity contribution in [2.24, 2.45) is 0 Å². The molecule has 4 rings (SSSR count). The zero-order valence-electron chi connectivity index (χ0n) is 18.7. The summed E-state index contributed by atoms with van der Waals surface area (Å²) in [7, 11) is 0. The number of hydrogen-bond acceptors (Lipinski definition) is 5. The first kappa shape index (κ1) is 22.0. The number of aromatic nitrogens is 1. The largest absolute Gasteiger partial charge is 0.350 e. The van der Waals surface area contributed by atoms with Gasteiger partial charge in [0.1, 0.15) is 5.70 Å². The maximum Gasteiger partial charge on any atom is 0.278 e. The van der Waals surface area contributed by atoms with Gasteiger partial charge in [0.25, 0.3) is 11.8 Å². The normalized spacial score (nSPS) is 13.5. The molecule has 0 radical (unpaired) electrons. The fraction of sp³-hybridized carbons (Fsp3) is 0.154. The molecule has 0 saturated carbocycles. The van der Waals surface area contributed by atoms with E-state index in [1.165, 1.54) is 11.8 Å². The maximum absolute atomic E-state index is 13.4. The highest BCUT2D eigenvalue weighted by atomic mass is 16.2. The number of carbonyl (C=O) groups excluding carboxylic acids is 3. The second-order valence-electron chi connectivity index (χ2n) is 8.07. The molecule has 33 heavy (non-hydrogen) atoms. The van der Waals surface area contributed by atoms with Gasteiger partial charge in [-0.2, -0.15) is 0 Å². The van der Waals surface area contributed by atoms with Crippen molar-refractivity contribution < 1.29 is 14.4 Å². The molecule has 166 valence electrons. The lowest BCUT2D eigenvalue weighted by atomic mass is 10.0. The summed E-state index contributed by atoms with van der Waals surface area (Å²) in [4.78, 5) is 43.5. The van der Waals surface area contributed by atoms with E-state index in [4.69, 9.17) is 0 Å². The van der Waals surface area contributed by atoms with E-state index in [1.807, 2.05) is 38.1 Å². The predicted molar refractivity (Wildman–Crippen MR) is 127 cm³/mol. The molecule has 0 spiro atoms. The Balaban J connectivity index is 1.74. The van der Waals surface area contributed by atoms with Crippen molar-refractivity contribution >= 4 is 34.7 Å². The van der Waals surface area contributed by atoms with Gasteiger partial charge in [0.05, 0.1) is 12.1 Å². The van der Waals surface area contributed by atoms with Crippen molar-refractivity contribution in [3.8, 4) is 0 Å². The fourth-order valence-electron chi connectivity index (χ4n) is 3.89. The van der Waals surface area contributed by atoms with Crippen LogP contribution in [0.4, 0.5) is 11.4 Å². The lowest BCUT2D eigenvalue weighted by molar-refractivity contribution is -0.137. The molecule has 7 nitrogen and oxygen atoms in total. The summed E-state index contributed by atoms with van der Waals surface area (Å²) in [6.07, 6.45) is 3.28. The van der Waals surface area contributed by atoms with Crippen LogP contribution in [0.1, 0.15) is 29.2 Å². The number of imide groups is 1. The highest BCUT2D eigenvalue weighted by Gasteiger charge is 2.39. The van der Waals surface area contributed by atoms with E-state index in [0.29, 0.717) is 11.3 Å². The van der Waals surface area contributed by atoms with Gasteiger partial charge in [0.15, 0.2) is 0 Å². The molecule has 2 N–H and O–H groups in total. The van der Waals surface area contributed by atoms with Crippen LogP contribution in [-0.4, -0.2) is 27.6 Å². The van der Waals surface area contributed by atoms with Gasteiger partial charge < -0.3 is 10.6 Å². The minimum Gasteiger partial charge on any atom is -0.350 e. The lowest BCUT2D eigenvalue weighted by Crippen LogP contribution is -2.32. The molecule has 1 aliphatic heterocycles. The van der Waals surface area contributed by atoms with Gasteiger partial charge in [0, 0.05) is 30.7 Å². The number of nitrogens with one attached hydrogen (secondary N) is 2. The van der Waals surface area contributed by atoms with Crippen LogP contribution in [0.3, 0.4) is 0 Å². The van der Waals surface area contributed by atoms with Gasteiger partial charge in [-0.25, -0.2) is 0 Å². The van der Waals surface area contributed by atoms with E-state index >= 15 is 0 Å². The summed E-state index contributed by atoms with van der Waals surface area (Å²) in [5.41, 5.74) is 5.29. The van der Waals surface area contributed by atoms with Gasteiger partial charge in [-0.3, -0.25) is 24.3 Å². The third-order valence-corrected chi connectivity index (χ3v) is 5.22. The number of aryl methyl sites for hydroxylation is 2. The van der Waals surface area contributed by atoms with Crippen molar-refractivity contribution in [2.45, 2.75) is 27.3 Å². The molecule has 0 bridgehead atoms. The molecule has 3 amide bonds. The van der Waals surface area contributed by atoms with Gasteiger partial charge in [-0.1, -0.05) is 24.3 Å². The molecule has 2 heterocycles. The summed E-state index contributed by atoms with van der Waals surface area (Å²) < 4.78 is 0. The number of nitrogens with zero attached hydrogens (tertiary/aromatic N) is 2. The van der Waals surface area contributed by atoms with E-state index in [9.17, 15) is 14.4 Å². The van der Waals surface area contributed by atoms with Crippen LogP contribution in [0.5, 0.6) is 0 Å². The minimum absolute atomic E-state index is 0.122. The van der Waals surface area contributed by atoms with Crippen molar-refractivity contribution in [2.75, 3.05) is 10.6 Å². The van der Waals surface area contributed by atoms with Gasteiger partial charge >= 0.3 is 0 Å². The molecule has 1 aromatic heterocycles. The third kappa shape index (κ3) is 4.82. The summed E-state index contributed by atoms with van der Waals surface area (Å²) in [5.74, 6) is -0.971. The number of benzene rings is 2. The van der Waals surface area contributed by atoms with Crippen molar-refractivity contribution in [1.29, 1.82) is 0 Å². The Bertz CT molecular complexity index is 1240. The zero-order chi connectivity index (χ0) is 23.5. The Morgan fingerprint density at radius 3 is 2.24 bits per heavy atom. The van der Waals surface area contributed by atoms with Crippen LogP contribution >= 0.6 is 0 Å². The van der Waals surface area contributed by atoms with Crippen LogP contribution in [0.15, 0.2) is 72.7 Å². The Kier molecular flexibility index (Phi) is 6.04. The molecule has 0 saturated heterocycles. The Morgan fingerprint density at radius 2 is 1.64 bits per heavy atom. The monoisotopic (exact) mass is 440 g/mol. The number of pyridine rings is 1. The first-order valence-electron chi connectivity index (χ1n) is 10.5. The van der Waals surface area contributed by atoms with E-state index in [2.05, 4.69) is 15.6 Å². The second kappa shape index (κ2) is 9.08. The molecular weight excluding hydrogens is 416 g/mol. The van der Waals surface area contributed by atoms with Crippen molar-refractivity contribution in [3.05, 3.63) is 94.9 Å². The number of carbonyl (C=O) groups is 3. The average Bonchev–Trinajstić information content (AvgIpc) is 2.98. The van der Waals surface area contributed by atoms with Gasteiger partial charge in [-0.05, 0) is 66.4 Å². The topological polar surface area (TPSA) is 91.4 Å². The first-order valence-corrected chi connectivity index (χ1v) is 10.5. The zero-order valence-corrected chi connectivity index (χ0v) is 18.7. The molecule has 0 fully saturated rings. The summed E-state index contributed by atoms with van der Waals surface area (Å²) >= 11 is 0. The van der Waals surface area contributed by atoms with E-state index < -0.39 is 5.91 Å². The SMILES string of the molecule is CC(=O)Nc1ccc(C2=C(Nc3cc(C)cc(C)c3)C(=O)N(Cc3cccnc3)C2=O)cc1. The molecule has 0 unspecified atom stereocenters. The van der Waals surface area contributed by atoms with E-state index in [-0.39, 0.29) is 29.6 Å². The Morgan fingerprint density at radius 1 is 0.939 bits per heavy atom.